The van der Waals surface area contributed by atoms with Gasteiger partial charge in [0, 0.05) is 18.1 Å². The van der Waals surface area contributed by atoms with Crippen LogP contribution in [0.1, 0.15) is 29.8 Å². The van der Waals surface area contributed by atoms with Crippen LogP contribution in [0.5, 0.6) is 11.5 Å². The highest BCUT2D eigenvalue weighted by Gasteiger charge is 2.22. The predicted octanol–water partition coefficient (Wildman–Crippen LogP) is 3.15. The number of benzene rings is 2. The molecule has 1 heterocycles. The molecule has 3 rings (SSSR count). The summed E-state index contributed by atoms with van der Waals surface area (Å²) in [7, 11) is 2.82. The van der Waals surface area contributed by atoms with Crippen LogP contribution in [0.25, 0.3) is 5.69 Å². The number of nitrogens with one attached hydrogen (secondary N) is 2. The molecule has 2 amide bonds. The highest BCUT2D eigenvalue weighted by molar-refractivity contribution is 6.03. The first kappa shape index (κ1) is 25.8. The molecule has 186 valence electrons. The van der Waals surface area contributed by atoms with E-state index in [1.807, 2.05) is 12.1 Å². The van der Waals surface area contributed by atoms with E-state index in [0.717, 1.165) is 0 Å². The summed E-state index contributed by atoms with van der Waals surface area (Å²) < 4.78 is 17.1. The summed E-state index contributed by atoms with van der Waals surface area (Å²) in [4.78, 5) is 37.8. The quantitative estimate of drug-likeness (QED) is 0.434. The van der Waals surface area contributed by atoms with Gasteiger partial charge in [0.15, 0.2) is 23.9 Å². The standard InChI is InChI=1S/C25H25N5O6/c1-15(2)24(32)28-19-11-21(35-4)20(34-3)10-18(19)25(33)36-14-22(31)29-23-16(12-26)13-27-30(23)17-8-6-5-7-9-17/h5-11,13,15H,14H2,1-4H3,(H,28,32)(H,29,31). The van der Waals surface area contributed by atoms with Gasteiger partial charge in [-0.1, -0.05) is 32.0 Å². The molecule has 0 radical (unpaired) electrons. The third-order valence-corrected chi connectivity index (χ3v) is 5.01. The topological polar surface area (TPSA) is 145 Å². The van der Waals surface area contributed by atoms with Gasteiger partial charge < -0.3 is 24.8 Å². The number of nitriles is 1. The Morgan fingerprint density at radius 3 is 2.33 bits per heavy atom. The molecule has 0 bridgehead atoms. The monoisotopic (exact) mass is 491 g/mol. The number of para-hydroxylation sites is 1. The van der Waals surface area contributed by atoms with Gasteiger partial charge >= 0.3 is 5.97 Å². The lowest BCUT2D eigenvalue weighted by Gasteiger charge is -2.16. The molecule has 11 heteroatoms. The number of esters is 1. The lowest BCUT2D eigenvalue weighted by Crippen LogP contribution is -2.24. The van der Waals surface area contributed by atoms with Gasteiger partial charge in [-0.3, -0.25) is 9.59 Å². The molecule has 2 aromatic carbocycles. The van der Waals surface area contributed by atoms with Crippen LogP contribution in [0.2, 0.25) is 0 Å². The van der Waals surface area contributed by atoms with E-state index < -0.39 is 18.5 Å². The molecule has 11 nitrogen and oxygen atoms in total. The third-order valence-electron chi connectivity index (χ3n) is 5.01. The Labute approximate surface area is 207 Å². The van der Waals surface area contributed by atoms with Crippen molar-refractivity contribution in [1.82, 2.24) is 9.78 Å². The summed E-state index contributed by atoms with van der Waals surface area (Å²) in [6.07, 6.45) is 1.32. The van der Waals surface area contributed by atoms with E-state index >= 15 is 0 Å². The van der Waals surface area contributed by atoms with Crippen molar-refractivity contribution in [1.29, 1.82) is 5.26 Å². The number of carbonyl (C=O) groups excluding carboxylic acids is 3. The lowest BCUT2D eigenvalue weighted by atomic mass is 10.1. The summed E-state index contributed by atoms with van der Waals surface area (Å²) in [5, 5.41) is 18.8. The fourth-order valence-electron chi connectivity index (χ4n) is 3.12. The Morgan fingerprint density at radius 2 is 1.72 bits per heavy atom. The molecule has 0 aliphatic carbocycles. The van der Waals surface area contributed by atoms with Crippen molar-refractivity contribution < 1.29 is 28.6 Å². The molecule has 0 fully saturated rings. The van der Waals surface area contributed by atoms with E-state index in [2.05, 4.69) is 15.7 Å². The number of rotatable bonds is 9. The Kier molecular flexibility index (Phi) is 8.25. The van der Waals surface area contributed by atoms with Gasteiger partial charge in [0.05, 0.1) is 37.4 Å². The summed E-state index contributed by atoms with van der Waals surface area (Å²) >= 11 is 0. The maximum atomic E-state index is 12.9. The number of anilines is 2. The summed E-state index contributed by atoms with van der Waals surface area (Å²) in [6.45, 7) is 2.75. The summed E-state index contributed by atoms with van der Waals surface area (Å²) in [5.41, 5.74) is 0.881. The Hall–Kier alpha value is -4.85. The van der Waals surface area contributed by atoms with E-state index in [0.29, 0.717) is 11.4 Å². The van der Waals surface area contributed by atoms with Gasteiger partial charge in [-0.2, -0.15) is 10.4 Å². The molecule has 36 heavy (non-hydrogen) atoms. The number of amides is 2. The molecular formula is C25H25N5O6. The zero-order chi connectivity index (χ0) is 26.2. The number of aromatic nitrogens is 2. The average Bonchev–Trinajstić information content (AvgIpc) is 3.29. The summed E-state index contributed by atoms with van der Waals surface area (Å²) in [5.74, 6) is -1.57. The van der Waals surface area contributed by atoms with Crippen molar-refractivity contribution in [2.24, 2.45) is 5.92 Å². The zero-order valence-corrected chi connectivity index (χ0v) is 20.2. The van der Waals surface area contributed by atoms with Crippen LogP contribution < -0.4 is 20.1 Å². The average molecular weight is 492 g/mol. The van der Waals surface area contributed by atoms with E-state index in [1.54, 1.807) is 38.1 Å². The SMILES string of the molecule is COc1cc(NC(=O)C(C)C)c(C(=O)OCC(=O)Nc2c(C#N)cnn2-c2ccccc2)cc1OC. The molecule has 0 saturated carbocycles. The van der Waals surface area contributed by atoms with Gasteiger partial charge in [-0.25, -0.2) is 9.48 Å². The van der Waals surface area contributed by atoms with Crippen LogP contribution in [0.3, 0.4) is 0 Å². The van der Waals surface area contributed by atoms with Crippen LogP contribution in [-0.4, -0.2) is 48.4 Å². The smallest absolute Gasteiger partial charge is 0.340 e. The largest absolute Gasteiger partial charge is 0.493 e. The molecule has 0 aliphatic heterocycles. The first-order chi connectivity index (χ1) is 17.3. The molecule has 1 aromatic heterocycles. The molecule has 0 unspecified atom stereocenters. The van der Waals surface area contributed by atoms with E-state index in [4.69, 9.17) is 14.2 Å². The van der Waals surface area contributed by atoms with Crippen LogP contribution in [-0.2, 0) is 14.3 Å². The molecule has 0 spiro atoms. The Morgan fingerprint density at radius 1 is 1.06 bits per heavy atom. The van der Waals surface area contributed by atoms with Crippen molar-refractivity contribution >= 4 is 29.3 Å². The van der Waals surface area contributed by atoms with Crippen molar-refractivity contribution in [3.8, 4) is 23.3 Å². The molecule has 3 aromatic rings. The molecule has 0 atom stereocenters. The molecule has 0 saturated heterocycles. The first-order valence-electron chi connectivity index (χ1n) is 10.9. The second kappa shape index (κ2) is 11.5. The van der Waals surface area contributed by atoms with Crippen molar-refractivity contribution in [3.63, 3.8) is 0 Å². The number of carbonyl (C=O) groups is 3. The zero-order valence-electron chi connectivity index (χ0n) is 20.2. The number of hydrogen-bond donors (Lipinski definition) is 2. The second-order valence-corrected chi connectivity index (χ2v) is 7.79. The van der Waals surface area contributed by atoms with Gasteiger partial charge in [0.1, 0.15) is 11.6 Å². The van der Waals surface area contributed by atoms with Crippen LogP contribution in [0.15, 0.2) is 48.7 Å². The van der Waals surface area contributed by atoms with E-state index in [-0.39, 0.29) is 40.2 Å². The van der Waals surface area contributed by atoms with Crippen LogP contribution >= 0.6 is 0 Å². The van der Waals surface area contributed by atoms with Gasteiger partial charge in [-0.05, 0) is 12.1 Å². The third kappa shape index (κ3) is 5.79. The normalized spacial score (nSPS) is 10.3. The van der Waals surface area contributed by atoms with E-state index in [1.165, 1.54) is 37.2 Å². The molecule has 2 N–H and O–H groups in total. The number of hydrogen-bond acceptors (Lipinski definition) is 8. The Bertz CT molecular complexity index is 1310. The van der Waals surface area contributed by atoms with Crippen molar-refractivity contribution in [3.05, 3.63) is 59.8 Å². The highest BCUT2D eigenvalue weighted by atomic mass is 16.5. The maximum absolute atomic E-state index is 12.9. The van der Waals surface area contributed by atoms with Gasteiger partial charge in [-0.15, -0.1) is 0 Å². The van der Waals surface area contributed by atoms with Crippen molar-refractivity contribution in [2.45, 2.75) is 13.8 Å². The number of methoxy groups -OCH3 is 2. The lowest BCUT2D eigenvalue weighted by molar-refractivity contribution is -0.119. The van der Waals surface area contributed by atoms with Crippen LogP contribution in [0.4, 0.5) is 11.5 Å². The minimum atomic E-state index is -0.873. The van der Waals surface area contributed by atoms with Crippen LogP contribution in [0, 0.1) is 17.2 Å². The maximum Gasteiger partial charge on any atom is 0.340 e. The first-order valence-corrected chi connectivity index (χ1v) is 10.9. The second-order valence-electron chi connectivity index (χ2n) is 7.79. The van der Waals surface area contributed by atoms with Gasteiger partial charge in [0.25, 0.3) is 5.91 Å². The Balaban J connectivity index is 1.79. The minimum absolute atomic E-state index is 0.0264. The molecule has 0 aliphatic rings. The van der Waals surface area contributed by atoms with Crippen molar-refractivity contribution in [2.75, 3.05) is 31.5 Å². The fraction of sp³-hybridized carbons (Fsp3) is 0.240. The molecular weight excluding hydrogens is 466 g/mol. The number of ether oxygens (including phenoxy) is 3. The predicted molar refractivity (Wildman–Crippen MR) is 130 cm³/mol. The minimum Gasteiger partial charge on any atom is -0.493 e. The highest BCUT2D eigenvalue weighted by Crippen LogP contribution is 2.34. The van der Waals surface area contributed by atoms with Gasteiger partial charge in [0.2, 0.25) is 5.91 Å². The fourth-order valence-corrected chi connectivity index (χ4v) is 3.12. The van der Waals surface area contributed by atoms with E-state index in [9.17, 15) is 19.6 Å². The number of nitrogens with zero attached hydrogens (tertiary/aromatic N) is 3. The summed E-state index contributed by atoms with van der Waals surface area (Å²) in [6, 6.07) is 13.7.